The van der Waals surface area contributed by atoms with Crippen molar-refractivity contribution in [2.45, 2.75) is 6.61 Å². The summed E-state index contributed by atoms with van der Waals surface area (Å²) < 4.78 is 42.7. The van der Waals surface area contributed by atoms with Crippen molar-refractivity contribution in [1.82, 2.24) is 0 Å². The van der Waals surface area contributed by atoms with Gasteiger partial charge in [-0.25, -0.2) is 8.78 Å². The first-order valence-corrected chi connectivity index (χ1v) is 3.43. The molecule has 0 unspecified atom stereocenters. The van der Waals surface area contributed by atoms with Gasteiger partial charge in [-0.2, -0.15) is 4.39 Å². The third kappa shape index (κ3) is 1.60. The van der Waals surface area contributed by atoms with Crippen molar-refractivity contribution in [2.24, 2.45) is 0 Å². The van der Waals surface area contributed by atoms with Gasteiger partial charge in [0.2, 0.25) is 5.82 Å². The fourth-order valence-corrected chi connectivity index (χ4v) is 0.925. The molecule has 0 aromatic heterocycles. The number of rotatable bonds is 2. The third-order valence-electron chi connectivity index (χ3n) is 1.57. The standard InChI is InChI=1S/C8H7F3O2/c1-13-8-6(10)4(3-12)2-5(9)7(8)11/h2,12H,3H2,1H3. The number of benzene rings is 1. The van der Waals surface area contributed by atoms with Crippen LogP contribution in [0.15, 0.2) is 6.07 Å². The molecule has 5 heteroatoms. The van der Waals surface area contributed by atoms with Crippen molar-refractivity contribution in [3.05, 3.63) is 29.1 Å². The Bertz CT molecular complexity index is 326. The van der Waals surface area contributed by atoms with E-state index < -0.39 is 29.8 Å². The fraction of sp³-hybridized carbons (Fsp3) is 0.250. The van der Waals surface area contributed by atoms with E-state index in [4.69, 9.17) is 5.11 Å². The van der Waals surface area contributed by atoms with Crippen LogP contribution >= 0.6 is 0 Å². The lowest BCUT2D eigenvalue weighted by Crippen LogP contribution is -2.01. The smallest absolute Gasteiger partial charge is 0.203 e. The van der Waals surface area contributed by atoms with E-state index in [1.165, 1.54) is 0 Å². The first-order chi connectivity index (χ1) is 6.11. The van der Waals surface area contributed by atoms with E-state index >= 15 is 0 Å². The summed E-state index contributed by atoms with van der Waals surface area (Å²) in [5.74, 6) is -4.53. The Balaban J connectivity index is 3.39. The van der Waals surface area contributed by atoms with E-state index in [0.29, 0.717) is 6.07 Å². The van der Waals surface area contributed by atoms with Crippen LogP contribution < -0.4 is 4.74 Å². The Kier molecular flexibility index (Phi) is 2.77. The van der Waals surface area contributed by atoms with E-state index in [9.17, 15) is 13.2 Å². The Morgan fingerprint density at radius 1 is 1.31 bits per heavy atom. The highest BCUT2D eigenvalue weighted by atomic mass is 19.2. The number of hydrogen-bond acceptors (Lipinski definition) is 2. The fourth-order valence-electron chi connectivity index (χ4n) is 0.925. The summed E-state index contributed by atoms with van der Waals surface area (Å²) in [4.78, 5) is 0. The molecule has 0 saturated heterocycles. The largest absolute Gasteiger partial charge is 0.491 e. The minimum Gasteiger partial charge on any atom is -0.491 e. The van der Waals surface area contributed by atoms with Gasteiger partial charge in [-0.3, -0.25) is 0 Å². The highest BCUT2D eigenvalue weighted by molar-refractivity contribution is 5.33. The van der Waals surface area contributed by atoms with Crippen molar-refractivity contribution < 1.29 is 23.0 Å². The summed E-state index contributed by atoms with van der Waals surface area (Å²) in [7, 11) is 1.02. The van der Waals surface area contributed by atoms with Gasteiger partial charge in [0.15, 0.2) is 17.4 Å². The first kappa shape index (κ1) is 9.85. The molecule has 1 rings (SSSR count). The van der Waals surface area contributed by atoms with Gasteiger partial charge in [-0.15, -0.1) is 0 Å². The van der Waals surface area contributed by atoms with Gasteiger partial charge in [-0.1, -0.05) is 0 Å². The van der Waals surface area contributed by atoms with Gasteiger partial charge in [-0.05, 0) is 6.07 Å². The number of methoxy groups -OCH3 is 1. The average molecular weight is 192 g/mol. The summed E-state index contributed by atoms with van der Waals surface area (Å²) in [6.07, 6.45) is 0. The van der Waals surface area contributed by atoms with Gasteiger partial charge in [0.25, 0.3) is 0 Å². The first-order valence-electron chi connectivity index (χ1n) is 3.43. The van der Waals surface area contributed by atoms with E-state index in [1.54, 1.807) is 0 Å². The van der Waals surface area contributed by atoms with Crippen LogP contribution in [0.25, 0.3) is 0 Å². The molecule has 2 nitrogen and oxygen atoms in total. The van der Waals surface area contributed by atoms with Crippen molar-refractivity contribution in [3.63, 3.8) is 0 Å². The zero-order chi connectivity index (χ0) is 10.0. The molecule has 0 saturated carbocycles. The maximum absolute atomic E-state index is 13.0. The zero-order valence-corrected chi connectivity index (χ0v) is 6.77. The van der Waals surface area contributed by atoms with Crippen LogP contribution in [0.2, 0.25) is 0 Å². The molecule has 0 heterocycles. The number of hydrogen-bond donors (Lipinski definition) is 1. The van der Waals surface area contributed by atoms with E-state index in [-0.39, 0.29) is 5.56 Å². The highest BCUT2D eigenvalue weighted by Gasteiger charge is 2.18. The van der Waals surface area contributed by atoms with Crippen LogP contribution in [0, 0.1) is 17.5 Å². The zero-order valence-electron chi connectivity index (χ0n) is 6.77. The molecule has 1 aromatic rings. The second-order valence-electron chi connectivity index (χ2n) is 2.34. The van der Waals surface area contributed by atoms with Gasteiger partial charge < -0.3 is 9.84 Å². The minimum atomic E-state index is -1.39. The third-order valence-corrected chi connectivity index (χ3v) is 1.57. The van der Waals surface area contributed by atoms with Crippen molar-refractivity contribution in [2.75, 3.05) is 7.11 Å². The molecule has 0 aliphatic carbocycles. The summed E-state index contributed by atoms with van der Waals surface area (Å²) in [5.41, 5.74) is -0.337. The van der Waals surface area contributed by atoms with Crippen LogP contribution in [-0.4, -0.2) is 12.2 Å². The van der Waals surface area contributed by atoms with Crippen molar-refractivity contribution in [3.8, 4) is 5.75 Å². The summed E-state index contributed by atoms with van der Waals surface area (Å²) >= 11 is 0. The summed E-state index contributed by atoms with van der Waals surface area (Å²) in [5, 5.41) is 8.57. The topological polar surface area (TPSA) is 29.5 Å². The molecule has 1 N–H and O–H groups in total. The van der Waals surface area contributed by atoms with Crippen LogP contribution in [0.3, 0.4) is 0 Å². The van der Waals surface area contributed by atoms with Crippen molar-refractivity contribution in [1.29, 1.82) is 0 Å². The van der Waals surface area contributed by atoms with Gasteiger partial charge in [0.1, 0.15) is 0 Å². The minimum absolute atomic E-state index is 0.337. The van der Waals surface area contributed by atoms with E-state index in [0.717, 1.165) is 7.11 Å². The average Bonchev–Trinajstić information content (AvgIpc) is 2.12. The molecule has 1 aromatic carbocycles. The van der Waals surface area contributed by atoms with Gasteiger partial charge in [0, 0.05) is 5.56 Å². The van der Waals surface area contributed by atoms with Crippen molar-refractivity contribution >= 4 is 0 Å². The van der Waals surface area contributed by atoms with Crippen LogP contribution in [0.4, 0.5) is 13.2 Å². The lowest BCUT2D eigenvalue weighted by Gasteiger charge is -2.07. The molecule has 0 aliphatic heterocycles. The van der Waals surface area contributed by atoms with Crippen LogP contribution in [0.1, 0.15) is 5.56 Å². The number of aliphatic hydroxyl groups is 1. The molecule has 0 atom stereocenters. The van der Waals surface area contributed by atoms with Gasteiger partial charge >= 0.3 is 0 Å². The second-order valence-corrected chi connectivity index (χ2v) is 2.34. The molecule has 13 heavy (non-hydrogen) atoms. The number of aliphatic hydroxyl groups excluding tert-OH is 1. The molecule has 0 amide bonds. The predicted octanol–water partition coefficient (Wildman–Crippen LogP) is 1.60. The Labute approximate surface area is 72.6 Å². The van der Waals surface area contributed by atoms with Crippen LogP contribution in [0.5, 0.6) is 5.75 Å². The molecular formula is C8H7F3O2. The number of halogens is 3. The SMILES string of the molecule is COc1c(F)c(F)cc(CO)c1F. The normalized spacial score (nSPS) is 10.2. The summed E-state index contributed by atoms with van der Waals surface area (Å²) in [6.45, 7) is -0.709. The van der Waals surface area contributed by atoms with Gasteiger partial charge in [0.05, 0.1) is 13.7 Å². The second kappa shape index (κ2) is 3.66. The quantitative estimate of drug-likeness (QED) is 0.721. The molecular weight excluding hydrogens is 185 g/mol. The number of ether oxygens (including phenoxy) is 1. The molecule has 72 valence electrons. The van der Waals surface area contributed by atoms with E-state index in [2.05, 4.69) is 4.74 Å². The lowest BCUT2D eigenvalue weighted by molar-refractivity contribution is 0.268. The lowest BCUT2D eigenvalue weighted by atomic mass is 10.2. The Morgan fingerprint density at radius 3 is 2.38 bits per heavy atom. The Morgan fingerprint density at radius 2 is 1.92 bits per heavy atom. The maximum atomic E-state index is 13.0. The molecule has 0 aliphatic rings. The predicted molar refractivity (Wildman–Crippen MR) is 38.8 cm³/mol. The maximum Gasteiger partial charge on any atom is 0.203 e. The monoisotopic (exact) mass is 192 g/mol. The molecule has 0 fully saturated rings. The summed E-state index contributed by atoms with van der Waals surface area (Å²) in [6, 6.07) is 0.590. The van der Waals surface area contributed by atoms with E-state index in [1.807, 2.05) is 0 Å². The molecule has 0 spiro atoms. The van der Waals surface area contributed by atoms with Crippen LogP contribution in [-0.2, 0) is 6.61 Å². The molecule has 0 radical (unpaired) electrons. The highest BCUT2D eigenvalue weighted by Crippen LogP contribution is 2.26. The Hall–Kier alpha value is -1.23. The molecule has 0 bridgehead atoms.